The number of aryl methyl sites for hydroxylation is 1. The summed E-state index contributed by atoms with van der Waals surface area (Å²) in [5.74, 6) is 1.66. The summed E-state index contributed by atoms with van der Waals surface area (Å²) in [6.45, 7) is 1.98. The Morgan fingerprint density at radius 1 is 1.24 bits per heavy atom. The Balaban J connectivity index is 2.25. The lowest BCUT2D eigenvalue weighted by atomic mass is 10.2. The molecule has 2 nitrogen and oxygen atoms in total. The zero-order chi connectivity index (χ0) is 12.3. The molecule has 0 radical (unpaired) electrons. The van der Waals surface area contributed by atoms with Gasteiger partial charge in [0.2, 0.25) is 0 Å². The Morgan fingerprint density at radius 2 is 2.06 bits per heavy atom. The van der Waals surface area contributed by atoms with E-state index < -0.39 is 0 Å². The molecule has 0 aliphatic rings. The minimum absolute atomic E-state index is 0.409. The number of nitrogens with zero attached hydrogens (tertiary/aromatic N) is 1. The van der Waals surface area contributed by atoms with Gasteiger partial charge in [-0.1, -0.05) is 17.7 Å². The van der Waals surface area contributed by atoms with Gasteiger partial charge in [0.25, 0.3) is 0 Å². The van der Waals surface area contributed by atoms with Crippen LogP contribution < -0.4 is 4.74 Å². The minimum Gasteiger partial charge on any atom is -0.454 e. The number of halogens is 2. The van der Waals surface area contributed by atoms with Crippen LogP contribution in [0.3, 0.4) is 0 Å². The number of hydrogen-bond acceptors (Lipinski definition) is 2. The van der Waals surface area contributed by atoms with Gasteiger partial charge in [-0.25, -0.2) is 0 Å². The standard InChI is InChI=1S/C13H11Cl2NO/c1-9-2-3-13(12(15)4-9)17-11-5-10(6-14)7-16-8-11/h2-5,7-8H,6H2,1H3. The second kappa shape index (κ2) is 5.39. The molecule has 0 N–H and O–H groups in total. The molecule has 0 saturated heterocycles. The van der Waals surface area contributed by atoms with Crippen LogP contribution in [-0.4, -0.2) is 4.98 Å². The summed E-state index contributed by atoms with van der Waals surface area (Å²) in [5, 5.41) is 0.585. The van der Waals surface area contributed by atoms with Crippen LogP contribution in [0, 0.1) is 6.92 Å². The molecule has 2 rings (SSSR count). The first-order valence-corrected chi connectivity index (χ1v) is 6.04. The van der Waals surface area contributed by atoms with Gasteiger partial charge >= 0.3 is 0 Å². The number of alkyl halides is 1. The van der Waals surface area contributed by atoms with E-state index >= 15 is 0 Å². The van der Waals surface area contributed by atoms with Crippen LogP contribution in [0.15, 0.2) is 36.7 Å². The van der Waals surface area contributed by atoms with Crippen LogP contribution in [0.2, 0.25) is 5.02 Å². The second-order valence-electron chi connectivity index (χ2n) is 3.70. The van der Waals surface area contributed by atoms with Gasteiger partial charge in [-0.05, 0) is 36.2 Å². The van der Waals surface area contributed by atoms with Crippen molar-refractivity contribution in [1.29, 1.82) is 0 Å². The number of rotatable bonds is 3. The van der Waals surface area contributed by atoms with E-state index in [1.54, 1.807) is 12.4 Å². The summed E-state index contributed by atoms with van der Waals surface area (Å²) in [4.78, 5) is 4.05. The first-order valence-electron chi connectivity index (χ1n) is 5.13. The molecule has 0 aliphatic carbocycles. The van der Waals surface area contributed by atoms with E-state index in [4.69, 9.17) is 27.9 Å². The maximum absolute atomic E-state index is 6.08. The highest BCUT2D eigenvalue weighted by atomic mass is 35.5. The molecule has 0 bridgehead atoms. The van der Waals surface area contributed by atoms with Crippen molar-refractivity contribution < 1.29 is 4.74 Å². The summed E-state index contributed by atoms with van der Waals surface area (Å²) in [5.41, 5.74) is 2.00. The van der Waals surface area contributed by atoms with Crippen molar-refractivity contribution >= 4 is 23.2 Å². The third-order valence-corrected chi connectivity index (χ3v) is 2.84. The summed E-state index contributed by atoms with van der Waals surface area (Å²) in [6, 6.07) is 7.48. The number of benzene rings is 1. The van der Waals surface area contributed by atoms with Crippen molar-refractivity contribution in [3.05, 3.63) is 52.8 Å². The van der Waals surface area contributed by atoms with Crippen molar-refractivity contribution in [3.8, 4) is 11.5 Å². The predicted molar refractivity (Wildman–Crippen MR) is 70.1 cm³/mol. The quantitative estimate of drug-likeness (QED) is 0.760. The molecule has 2 aromatic rings. The second-order valence-corrected chi connectivity index (χ2v) is 4.37. The highest BCUT2D eigenvalue weighted by molar-refractivity contribution is 6.32. The fraction of sp³-hybridized carbons (Fsp3) is 0.154. The summed E-state index contributed by atoms with van der Waals surface area (Å²) >= 11 is 11.8. The van der Waals surface area contributed by atoms with Crippen molar-refractivity contribution in [2.45, 2.75) is 12.8 Å². The van der Waals surface area contributed by atoms with Crippen molar-refractivity contribution in [2.24, 2.45) is 0 Å². The van der Waals surface area contributed by atoms with E-state index in [2.05, 4.69) is 4.98 Å². The molecule has 0 unspecified atom stereocenters. The third-order valence-electron chi connectivity index (χ3n) is 2.24. The maximum Gasteiger partial charge on any atom is 0.146 e. The summed E-state index contributed by atoms with van der Waals surface area (Å²) in [7, 11) is 0. The molecule has 0 spiro atoms. The molecule has 1 aromatic heterocycles. The van der Waals surface area contributed by atoms with Gasteiger partial charge < -0.3 is 4.74 Å². The van der Waals surface area contributed by atoms with Gasteiger partial charge in [-0.3, -0.25) is 4.98 Å². The average Bonchev–Trinajstić information content (AvgIpc) is 2.33. The monoisotopic (exact) mass is 267 g/mol. The van der Waals surface area contributed by atoms with E-state index in [1.165, 1.54) is 0 Å². The Bertz CT molecular complexity index is 529. The highest BCUT2D eigenvalue weighted by Crippen LogP contribution is 2.30. The Labute approximate surface area is 110 Å². The molecule has 0 saturated carbocycles. The summed E-state index contributed by atoms with van der Waals surface area (Å²) in [6.07, 6.45) is 3.34. The molecule has 0 fully saturated rings. The van der Waals surface area contributed by atoms with Gasteiger partial charge in [-0.2, -0.15) is 0 Å². The van der Waals surface area contributed by atoms with Crippen LogP contribution in [0.5, 0.6) is 11.5 Å². The number of ether oxygens (including phenoxy) is 1. The fourth-order valence-corrected chi connectivity index (χ4v) is 1.83. The molecule has 1 heterocycles. The third kappa shape index (κ3) is 3.11. The van der Waals surface area contributed by atoms with Crippen molar-refractivity contribution in [3.63, 3.8) is 0 Å². The van der Waals surface area contributed by atoms with E-state index in [9.17, 15) is 0 Å². The molecular weight excluding hydrogens is 257 g/mol. The van der Waals surface area contributed by atoms with Crippen LogP contribution >= 0.6 is 23.2 Å². The van der Waals surface area contributed by atoms with Gasteiger partial charge in [-0.15, -0.1) is 11.6 Å². The Kier molecular flexibility index (Phi) is 3.87. The lowest BCUT2D eigenvalue weighted by Crippen LogP contribution is -1.89. The molecule has 0 atom stereocenters. The smallest absolute Gasteiger partial charge is 0.146 e. The number of pyridine rings is 1. The lowest BCUT2D eigenvalue weighted by Gasteiger charge is -2.08. The van der Waals surface area contributed by atoms with E-state index in [0.29, 0.717) is 22.4 Å². The Hall–Kier alpha value is -1.25. The molecule has 0 amide bonds. The van der Waals surface area contributed by atoms with E-state index in [0.717, 1.165) is 11.1 Å². The van der Waals surface area contributed by atoms with Gasteiger partial charge in [0.05, 0.1) is 11.2 Å². The normalized spacial score (nSPS) is 10.3. The largest absolute Gasteiger partial charge is 0.454 e. The van der Waals surface area contributed by atoms with E-state index in [1.807, 2.05) is 31.2 Å². The van der Waals surface area contributed by atoms with Gasteiger partial charge in [0.15, 0.2) is 0 Å². The molecule has 17 heavy (non-hydrogen) atoms. The first-order chi connectivity index (χ1) is 8.19. The van der Waals surface area contributed by atoms with E-state index in [-0.39, 0.29) is 0 Å². The van der Waals surface area contributed by atoms with Gasteiger partial charge in [0.1, 0.15) is 11.5 Å². The SMILES string of the molecule is Cc1ccc(Oc2cncc(CCl)c2)c(Cl)c1. The lowest BCUT2D eigenvalue weighted by molar-refractivity contribution is 0.480. The average molecular weight is 268 g/mol. The number of hydrogen-bond donors (Lipinski definition) is 0. The molecule has 1 aromatic carbocycles. The zero-order valence-electron chi connectivity index (χ0n) is 9.28. The fourth-order valence-electron chi connectivity index (χ4n) is 1.41. The van der Waals surface area contributed by atoms with Crippen molar-refractivity contribution in [1.82, 2.24) is 4.98 Å². The number of aromatic nitrogens is 1. The van der Waals surface area contributed by atoms with Crippen molar-refractivity contribution in [2.75, 3.05) is 0 Å². The van der Waals surface area contributed by atoms with Crippen LogP contribution in [0.4, 0.5) is 0 Å². The molecule has 88 valence electrons. The van der Waals surface area contributed by atoms with Crippen LogP contribution in [0.25, 0.3) is 0 Å². The highest BCUT2D eigenvalue weighted by Gasteiger charge is 2.04. The van der Waals surface area contributed by atoms with Crippen LogP contribution in [0.1, 0.15) is 11.1 Å². The van der Waals surface area contributed by atoms with Crippen LogP contribution in [-0.2, 0) is 5.88 Å². The molecular formula is C13H11Cl2NO. The Morgan fingerprint density at radius 3 is 2.76 bits per heavy atom. The zero-order valence-corrected chi connectivity index (χ0v) is 10.8. The first kappa shape index (κ1) is 12.2. The molecule has 4 heteroatoms. The minimum atomic E-state index is 0.409. The maximum atomic E-state index is 6.08. The van der Waals surface area contributed by atoms with Gasteiger partial charge in [0, 0.05) is 12.1 Å². The molecule has 0 aliphatic heterocycles. The topological polar surface area (TPSA) is 22.1 Å². The predicted octanol–water partition coefficient (Wildman–Crippen LogP) is 4.57. The summed E-state index contributed by atoms with van der Waals surface area (Å²) < 4.78 is 5.65.